The van der Waals surface area contributed by atoms with E-state index in [2.05, 4.69) is 37.9 Å². The summed E-state index contributed by atoms with van der Waals surface area (Å²) >= 11 is 0. The van der Waals surface area contributed by atoms with Crippen LogP contribution in [0.4, 0.5) is 0 Å². The number of piperazine rings is 1. The third-order valence-corrected chi connectivity index (χ3v) is 2.24. The van der Waals surface area contributed by atoms with Gasteiger partial charge in [-0.05, 0) is 27.3 Å². The highest BCUT2D eigenvalue weighted by Gasteiger charge is 2.28. The minimum atomic E-state index is 0.299. The number of hydrogen-bond acceptors (Lipinski definition) is 2. The third-order valence-electron chi connectivity index (χ3n) is 2.24. The molecule has 0 aromatic carbocycles. The minimum Gasteiger partial charge on any atom is -0.307 e. The Bertz CT molecular complexity index is 132. The molecular formula is C9H20N2. The quantitative estimate of drug-likeness (QED) is 0.611. The molecule has 0 bridgehead atoms. The van der Waals surface area contributed by atoms with Gasteiger partial charge in [0, 0.05) is 24.7 Å². The first-order chi connectivity index (χ1) is 5.03. The summed E-state index contributed by atoms with van der Waals surface area (Å²) in [5.74, 6) is 0. The molecule has 1 saturated heterocycles. The summed E-state index contributed by atoms with van der Waals surface area (Å²) < 4.78 is 0. The normalized spacial score (nSPS) is 32.2. The molecule has 1 heterocycles. The van der Waals surface area contributed by atoms with E-state index in [1.807, 2.05) is 0 Å². The van der Waals surface area contributed by atoms with Crippen molar-refractivity contribution in [2.75, 3.05) is 19.6 Å². The van der Waals surface area contributed by atoms with Crippen molar-refractivity contribution in [1.29, 1.82) is 0 Å². The summed E-state index contributed by atoms with van der Waals surface area (Å²) in [5, 5.41) is 3.58. The molecule has 1 rings (SSSR count). The number of rotatable bonds is 1. The van der Waals surface area contributed by atoms with Crippen LogP contribution in [0.3, 0.4) is 0 Å². The number of likely N-dealkylation sites (N-methyl/N-ethyl adjacent to an activating group) is 1. The van der Waals surface area contributed by atoms with E-state index >= 15 is 0 Å². The van der Waals surface area contributed by atoms with Crippen molar-refractivity contribution in [1.82, 2.24) is 10.2 Å². The van der Waals surface area contributed by atoms with Gasteiger partial charge in [0.05, 0.1) is 0 Å². The molecular weight excluding hydrogens is 136 g/mol. The largest absolute Gasteiger partial charge is 0.307 e. The molecule has 0 spiro atoms. The molecule has 1 aliphatic heterocycles. The molecule has 0 aromatic heterocycles. The Balaban J connectivity index is 2.51. The van der Waals surface area contributed by atoms with Crippen LogP contribution in [0.15, 0.2) is 0 Å². The third kappa shape index (κ3) is 2.46. The Hall–Kier alpha value is -0.0800. The lowest BCUT2D eigenvalue weighted by Crippen LogP contribution is -2.60. The van der Waals surface area contributed by atoms with Crippen LogP contribution in [0, 0.1) is 0 Å². The number of nitrogens with one attached hydrogen (secondary N) is 1. The van der Waals surface area contributed by atoms with Gasteiger partial charge < -0.3 is 10.2 Å². The fourth-order valence-electron chi connectivity index (χ4n) is 2.01. The molecule has 2 heteroatoms. The van der Waals surface area contributed by atoms with Gasteiger partial charge in [-0.1, -0.05) is 6.92 Å². The van der Waals surface area contributed by atoms with Crippen LogP contribution >= 0.6 is 0 Å². The van der Waals surface area contributed by atoms with Crippen LogP contribution in [-0.2, 0) is 0 Å². The summed E-state index contributed by atoms with van der Waals surface area (Å²) in [5.41, 5.74) is 0.299. The van der Waals surface area contributed by atoms with Crippen molar-refractivity contribution in [2.45, 2.75) is 39.3 Å². The van der Waals surface area contributed by atoms with Crippen molar-refractivity contribution in [3.63, 3.8) is 0 Å². The summed E-state index contributed by atoms with van der Waals surface area (Å²) in [4.78, 5) is 2.50. The predicted molar refractivity (Wildman–Crippen MR) is 48.8 cm³/mol. The van der Waals surface area contributed by atoms with Crippen molar-refractivity contribution in [2.24, 2.45) is 0 Å². The lowest BCUT2D eigenvalue weighted by molar-refractivity contribution is 0.129. The van der Waals surface area contributed by atoms with E-state index < -0.39 is 0 Å². The highest BCUT2D eigenvalue weighted by molar-refractivity contribution is 4.90. The molecule has 1 fully saturated rings. The second-order valence-corrected chi connectivity index (χ2v) is 4.26. The van der Waals surface area contributed by atoms with Gasteiger partial charge in [0.1, 0.15) is 0 Å². The summed E-state index contributed by atoms with van der Waals surface area (Å²) in [6.07, 6.45) is 0. The molecule has 1 atom stereocenters. The lowest BCUT2D eigenvalue weighted by atomic mass is 9.99. The average molecular weight is 156 g/mol. The van der Waals surface area contributed by atoms with Crippen molar-refractivity contribution in [3.05, 3.63) is 0 Å². The second kappa shape index (κ2) is 3.11. The van der Waals surface area contributed by atoms with Crippen LogP contribution in [0.1, 0.15) is 27.7 Å². The van der Waals surface area contributed by atoms with Gasteiger partial charge in [0.2, 0.25) is 0 Å². The van der Waals surface area contributed by atoms with Crippen LogP contribution < -0.4 is 5.32 Å². The zero-order chi connectivity index (χ0) is 8.48. The summed E-state index contributed by atoms with van der Waals surface area (Å²) in [6.45, 7) is 12.6. The molecule has 0 aliphatic carbocycles. The smallest absolute Gasteiger partial charge is 0.0255 e. The van der Waals surface area contributed by atoms with E-state index in [-0.39, 0.29) is 0 Å². The maximum atomic E-state index is 3.58. The van der Waals surface area contributed by atoms with Gasteiger partial charge in [0.25, 0.3) is 0 Å². The van der Waals surface area contributed by atoms with Crippen LogP contribution in [-0.4, -0.2) is 36.1 Å². The van der Waals surface area contributed by atoms with Gasteiger partial charge in [-0.2, -0.15) is 0 Å². The Morgan fingerprint density at radius 1 is 1.55 bits per heavy atom. The molecule has 0 amide bonds. The highest BCUT2D eigenvalue weighted by atomic mass is 15.2. The first-order valence-corrected chi connectivity index (χ1v) is 4.53. The fourth-order valence-corrected chi connectivity index (χ4v) is 2.01. The lowest BCUT2D eigenvalue weighted by Gasteiger charge is -2.42. The zero-order valence-corrected chi connectivity index (χ0v) is 8.15. The average Bonchev–Trinajstić information content (AvgIpc) is 1.83. The molecule has 1 N–H and O–H groups in total. The first-order valence-electron chi connectivity index (χ1n) is 4.53. The Morgan fingerprint density at radius 3 is 2.64 bits per heavy atom. The molecule has 0 saturated carbocycles. The van der Waals surface area contributed by atoms with Gasteiger partial charge in [-0.15, -0.1) is 0 Å². The van der Waals surface area contributed by atoms with Gasteiger partial charge in [-0.25, -0.2) is 0 Å². The Kier molecular flexibility index (Phi) is 2.55. The minimum absolute atomic E-state index is 0.299. The van der Waals surface area contributed by atoms with Crippen molar-refractivity contribution >= 4 is 0 Å². The van der Waals surface area contributed by atoms with E-state index in [1.165, 1.54) is 19.6 Å². The molecule has 11 heavy (non-hydrogen) atoms. The van der Waals surface area contributed by atoms with E-state index in [4.69, 9.17) is 0 Å². The molecule has 0 radical (unpaired) electrons. The zero-order valence-electron chi connectivity index (χ0n) is 8.15. The topological polar surface area (TPSA) is 15.3 Å². The molecule has 1 aliphatic rings. The van der Waals surface area contributed by atoms with Crippen molar-refractivity contribution < 1.29 is 0 Å². The van der Waals surface area contributed by atoms with Crippen LogP contribution in [0.2, 0.25) is 0 Å². The first kappa shape index (κ1) is 9.01. The monoisotopic (exact) mass is 156 g/mol. The predicted octanol–water partition coefficient (Wildman–Crippen LogP) is 1.08. The SMILES string of the molecule is CCN1CC(C)NC(C)(C)C1. The highest BCUT2D eigenvalue weighted by Crippen LogP contribution is 2.12. The second-order valence-electron chi connectivity index (χ2n) is 4.26. The van der Waals surface area contributed by atoms with Gasteiger partial charge >= 0.3 is 0 Å². The maximum absolute atomic E-state index is 3.58. The maximum Gasteiger partial charge on any atom is 0.0255 e. The Morgan fingerprint density at radius 2 is 2.18 bits per heavy atom. The van der Waals surface area contributed by atoms with Gasteiger partial charge in [0.15, 0.2) is 0 Å². The van der Waals surface area contributed by atoms with Crippen LogP contribution in [0.25, 0.3) is 0 Å². The van der Waals surface area contributed by atoms with E-state index in [0.29, 0.717) is 11.6 Å². The Labute approximate surface area is 70.0 Å². The van der Waals surface area contributed by atoms with Crippen molar-refractivity contribution in [3.8, 4) is 0 Å². The summed E-state index contributed by atoms with van der Waals surface area (Å²) in [7, 11) is 0. The molecule has 1 unspecified atom stereocenters. The van der Waals surface area contributed by atoms with E-state index in [1.54, 1.807) is 0 Å². The van der Waals surface area contributed by atoms with E-state index in [0.717, 1.165) is 0 Å². The van der Waals surface area contributed by atoms with E-state index in [9.17, 15) is 0 Å². The fraction of sp³-hybridized carbons (Fsp3) is 1.00. The molecule has 66 valence electrons. The number of hydrogen-bond donors (Lipinski definition) is 1. The van der Waals surface area contributed by atoms with Gasteiger partial charge in [-0.3, -0.25) is 0 Å². The van der Waals surface area contributed by atoms with Crippen LogP contribution in [0.5, 0.6) is 0 Å². The summed E-state index contributed by atoms with van der Waals surface area (Å²) in [6, 6.07) is 0.638. The number of nitrogens with zero attached hydrogens (tertiary/aromatic N) is 1. The standard InChI is InChI=1S/C9H20N2/c1-5-11-6-8(2)10-9(3,4)7-11/h8,10H,5-7H2,1-4H3. The molecule has 0 aromatic rings. The molecule has 2 nitrogen and oxygen atoms in total.